The number of likely N-dealkylation sites (tertiary alicyclic amines) is 1. The van der Waals surface area contributed by atoms with Gasteiger partial charge in [-0.2, -0.15) is 9.29 Å². The molecule has 0 unspecified atom stereocenters. The normalized spacial score (nSPS) is 14.9. The van der Waals surface area contributed by atoms with E-state index in [-0.39, 0.29) is 16.8 Å². The van der Waals surface area contributed by atoms with Crippen molar-refractivity contribution in [2.75, 3.05) is 30.8 Å². The number of nitrogens with one attached hydrogen (secondary N) is 2. The van der Waals surface area contributed by atoms with Crippen molar-refractivity contribution in [2.24, 2.45) is 7.05 Å². The van der Waals surface area contributed by atoms with E-state index in [1.54, 1.807) is 62.6 Å². The van der Waals surface area contributed by atoms with Crippen molar-refractivity contribution in [3.63, 3.8) is 0 Å². The maximum Gasteiger partial charge on any atom is 0.243 e. The van der Waals surface area contributed by atoms with Crippen LogP contribution in [0.1, 0.15) is 24.1 Å². The molecule has 2 aromatic carbocycles. The fourth-order valence-corrected chi connectivity index (χ4v) is 6.31. The molecule has 0 spiro atoms. The minimum atomic E-state index is -3.64. The van der Waals surface area contributed by atoms with E-state index in [1.807, 2.05) is 19.3 Å². The lowest BCUT2D eigenvalue weighted by molar-refractivity contribution is 0.161. The number of anilines is 4. The maximum absolute atomic E-state index is 13.6. The molecule has 3 heterocycles. The summed E-state index contributed by atoms with van der Waals surface area (Å²) in [6, 6.07) is 17.2. The first-order chi connectivity index (χ1) is 19.2. The summed E-state index contributed by atoms with van der Waals surface area (Å²) in [5.74, 6) is 0.620. The van der Waals surface area contributed by atoms with Gasteiger partial charge in [0.25, 0.3) is 0 Å². The molecule has 0 amide bonds. The van der Waals surface area contributed by atoms with Crippen molar-refractivity contribution in [3.05, 3.63) is 90.1 Å². The molecule has 0 saturated carbocycles. The molecule has 40 heavy (non-hydrogen) atoms. The first-order valence-corrected chi connectivity index (χ1v) is 14.7. The Balaban J connectivity index is 1.19. The Morgan fingerprint density at radius 2 is 1.75 bits per heavy atom. The van der Waals surface area contributed by atoms with E-state index in [0.29, 0.717) is 28.7 Å². The highest BCUT2D eigenvalue weighted by atomic mass is 32.2. The molecule has 2 N–H and O–H groups in total. The van der Waals surface area contributed by atoms with E-state index >= 15 is 0 Å². The number of aryl methyl sites for hydroxylation is 2. The zero-order valence-electron chi connectivity index (χ0n) is 22.9. The molecule has 1 aliphatic heterocycles. The standard InChI is InChI=1S/C29H34FN7O2S/c1-21-19-23(8-11-27(21)30)32-28-12-15-31-29(34-28)33-22-6-9-26(10-7-22)40(38,39)36(3)24-13-17-37(18-14-24)20-25-5-4-16-35(25)2/h4-12,15-16,19,24H,13-14,17-18,20H2,1-3H3,(H2,31,32,33,34). The van der Waals surface area contributed by atoms with E-state index in [1.165, 1.54) is 16.1 Å². The Kier molecular flexibility index (Phi) is 8.15. The largest absolute Gasteiger partial charge is 0.353 e. The first kappa shape index (κ1) is 27.8. The molecule has 1 saturated heterocycles. The van der Waals surface area contributed by atoms with Crippen LogP contribution >= 0.6 is 0 Å². The molecule has 9 nitrogen and oxygen atoms in total. The number of rotatable bonds is 9. The quantitative estimate of drug-likeness (QED) is 0.295. The number of piperidine rings is 1. The van der Waals surface area contributed by atoms with Crippen LogP contribution < -0.4 is 10.6 Å². The molecule has 0 atom stereocenters. The third-order valence-electron chi connectivity index (χ3n) is 7.38. The lowest BCUT2D eigenvalue weighted by Crippen LogP contribution is -2.45. The summed E-state index contributed by atoms with van der Waals surface area (Å²) in [4.78, 5) is 11.3. The summed E-state index contributed by atoms with van der Waals surface area (Å²) in [6.07, 6.45) is 5.23. The molecule has 11 heteroatoms. The number of hydrogen-bond donors (Lipinski definition) is 2. The van der Waals surface area contributed by atoms with Gasteiger partial charge in [0.2, 0.25) is 16.0 Å². The van der Waals surface area contributed by atoms with Gasteiger partial charge in [-0.15, -0.1) is 0 Å². The number of aromatic nitrogens is 3. The zero-order valence-corrected chi connectivity index (χ0v) is 23.7. The number of nitrogens with zero attached hydrogens (tertiary/aromatic N) is 5. The van der Waals surface area contributed by atoms with E-state index < -0.39 is 10.0 Å². The van der Waals surface area contributed by atoms with Crippen LogP contribution in [0.2, 0.25) is 0 Å². The molecule has 210 valence electrons. The second-order valence-electron chi connectivity index (χ2n) is 10.1. The summed E-state index contributed by atoms with van der Waals surface area (Å²) >= 11 is 0. The van der Waals surface area contributed by atoms with E-state index in [9.17, 15) is 12.8 Å². The fourth-order valence-electron chi connectivity index (χ4n) is 4.89. The van der Waals surface area contributed by atoms with Crippen LogP contribution in [0.25, 0.3) is 0 Å². The second-order valence-corrected chi connectivity index (χ2v) is 12.1. The molecule has 0 aliphatic carbocycles. The van der Waals surface area contributed by atoms with Crippen LogP contribution in [0.5, 0.6) is 0 Å². The van der Waals surface area contributed by atoms with Gasteiger partial charge < -0.3 is 15.2 Å². The van der Waals surface area contributed by atoms with Gasteiger partial charge in [0.15, 0.2) is 0 Å². The monoisotopic (exact) mass is 563 g/mol. The van der Waals surface area contributed by atoms with Crippen molar-refractivity contribution in [3.8, 4) is 0 Å². The summed E-state index contributed by atoms with van der Waals surface area (Å²) < 4.78 is 44.0. The first-order valence-electron chi connectivity index (χ1n) is 13.2. The molecule has 5 rings (SSSR count). The molecular weight excluding hydrogens is 529 g/mol. The van der Waals surface area contributed by atoms with Crippen molar-refractivity contribution in [1.82, 2.24) is 23.7 Å². The molecule has 1 aliphatic rings. The Bertz CT molecular complexity index is 1570. The predicted molar refractivity (Wildman–Crippen MR) is 155 cm³/mol. The lowest BCUT2D eigenvalue weighted by atomic mass is 10.1. The highest BCUT2D eigenvalue weighted by molar-refractivity contribution is 7.89. The summed E-state index contributed by atoms with van der Waals surface area (Å²) in [5.41, 5.74) is 3.16. The van der Waals surface area contributed by atoms with Crippen LogP contribution in [0.4, 0.5) is 27.5 Å². The number of halogens is 1. The Labute approximate surface area is 234 Å². The van der Waals surface area contributed by atoms with Gasteiger partial charge >= 0.3 is 0 Å². The smallest absolute Gasteiger partial charge is 0.243 e. The van der Waals surface area contributed by atoms with Gasteiger partial charge in [0.05, 0.1) is 4.90 Å². The molecule has 0 radical (unpaired) electrons. The van der Waals surface area contributed by atoms with Gasteiger partial charge in [-0.25, -0.2) is 17.8 Å². The van der Waals surface area contributed by atoms with Crippen molar-refractivity contribution < 1.29 is 12.8 Å². The van der Waals surface area contributed by atoms with E-state index in [4.69, 9.17) is 0 Å². The molecule has 2 aromatic heterocycles. The van der Waals surface area contributed by atoms with Crippen LogP contribution in [-0.2, 0) is 23.6 Å². The van der Waals surface area contributed by atoms with Crippen LogP contribution in [0.15, 0.2) is 78.0 Å². The number of hydrogen-bond acceptors (Lipinski definition) is 7. The highest BCUT2D eigenvalue weighted by Gasteiger charge is 2.31. The molecular formula is C29H34FN7O2S. The summed E-state index contributed by atoms with van der Waals surface area (Å²) in [7, 11) is 0.0823. The Hall–Kier alpha value is -3.80. The lowest BCUT2D eigenvalue weighted by Gasteiger charge is -2.36. The highest BCUT2D eigenvalue weighted by Crippen LogP contribution is 2.26. The fraction of sp³-hybridized carbons (Fsp3) is 0.310. The number of sulfonamides is 1. The van der Waals surface area contributed by atoms with Gasteiger partial charge in [0.1, 0.15) is 11.6 Å². The van der Waals surface area contributed by atoms with Crippen LogP contribution in [-0.4, -0.2) is 58.3 Å². The molecule has 0 bridgehead atoms. The predicted octanol–water partition coefficient (Wildman–Crippen LogP) is 5.03. The van der Waals surface area contributed by atoms with Gasteiger partial charge in [-0.3, -0.25) is 4.90 Å². The summed E-state index contributed by atoms with van der Waals surface area (Å²) in [6.45, 7) is 4.28. The zero-order chi connectivity index (χ0) is 28.3. The average molecular weight is 564 g/mol. The van der Waals surface area contributed by atoms with Gasteiger partial charge in [-0.1, -0.05) is 0 Å². The molecule has 1 fully saturated rings. The van der Waals surface area contributed by atoms with Gasteiger partial charge in [0, 0.05) is 69.2 Å². The Morgan fingerprint density at radius 1 is 1.02 bits per heavy atom. The minimum Gasteiger partial charge on any atom is -0.353 e. The van der Waals surface area contributed by atoms with Crippen LogP contribution in [0, 0.1) is 12.7 Å². The van der Waals surface area contributed by atoms with Crippen molar-refractivity contribution >= 4 is 33.2 Å². The van der Waals surface area contributed by atoms with E-state index in [2.05, 4.69) is 36.1 Å². The third kappa shape index (κ3) is 6.33. The average Bonchev–Trinajstić information content (AvgIpc) is 3.35. The molecule has 4 aromatic rings. The van der Waals surface area contributed by atoms with Crippen molar-refractivity contribution in [1.29, 1.82) is 0 Å². The van der Waals surface area contributed by atoms with E-state index in [0.717, 1.165) is 32.5 Å². The summed E-state index contributed by atoms with van der Waals surface area (Å²) in [5, 5.41) is 6.25. The number of benzene rings is 2. The second kappa shape index (κ2) is 11.7. The van der Waals surface area contributed by atoms with Crippen LogP contribution in [0.3, 0.4) is 0 Å². The SMILES string of the molecule is Cc1cc(Nc2ccnc(Nc3ccc(S(=O)(=O)N(C)C4CCN(Cc5cccn5C)CC4)cc3)n2)ccc1F. The van der Waals surface area contributed by atoms with Gasteiger partial charge in [-0.05, 0) is 86.0 Å². The third-order valence-corrected chi connectivity index (χ3v) is 9.31. The maximum atomic E-state index is 13.6. The topological polar surface area (TPSA) is 95.4 Å². The minimum absolute atomic E-state index is 0.0407. The van der Waals surface area contributed by atoms with Crippen molar-refractivity contribution in [2.45, 2.75) is 37.2 Å². The Morgan fingerprint density at radius 3 is 2.42 bits per heavy atom.